The van der Waals surface area contributed by atoms with Crippen LogP contribution in [0.3, 0.4) is 0 Å². The van der Waals surface area contributed by atoms with Crippen molar-refractivity contribution in [1.82, 2.24) is 5.32 Å². The van der Waals surface area contributed by atoms with Gasteiger partial charge < -0.3 is 20.3 Å². The van der Waals surface area contributed by atoms with E-state index in [4.69, 9.17) is 4.74 Å². The molecule has 2 N–H and O–H groups in total. The maximum atomic E-state index is 14.0. The van der Waals surface area contributed by atoms with Crippen LogP contribution in [0.4, 0.5) is 46.2 Å². The highest BCUT2D eigenvalue weighted by Crippen LogP contribution is 2.47. The number of benzene rings is 2. The molecule has 15 heteroatoms. The van der Waals surface area contributed by atoms with E-state index in [0.717, 1.165) is 0 Å². The number of alkyl halides is 6. The first-order valence-electron chi connectivity index (χ1n) is 15.0. The summed E-state index contributed by atoms with van der Waals surface area (Å²) in [5.41, 5.74) is -3.90. The third-order valence-electron chi connectivity index (χ3n) is 8.19. The second-order valence-electron chi connectivity index (χ2n) is 11.9. The Labute approximate surface area is 276 Å². The molecule has 0 bridgehead atoms. The second-order valence-corrected chi connectivity index (χ2v) is 12.9. The number of carbonyl (C=O) groups is 2. The number of hydrogen-bond donors (Lipinski definition) is 2. The van der Waals surface area contributed by atoms with Gasteiger partial charge in [0.2, 0.25) is 0 Å². The Bertz CT molecular complexity index is 1690. The van der Waals surface area contributed by atoms with E-state index in [1.165, 1.54) is 43.4 Å². The Morgan fingerprint density at radius 2 is 1.58 bits per heavy atom. The third-order valence-corrected chi connectivity index (χ3v) is 9.47. The molecule has 7 nitrogen and oxygen atoms in total. The second kappa shape index (κ2) is 14.0. The summed E-state index contributed by atoms with van der Waals surface area (Å²) >= 11 is 1.22. The van der Waals surface area contributed by atoms with Crippen LogP contribution < -0.4 is 15.5 Å². The van der Waals surface area contributed by atoms with Crippen LogP contribution in [-0.2, 0) is 27.3 Å². The number of carbonyl (C=O) groups excluding carboxylic acids is 2. The SMILES string of the molecule is CCNC(=O)OC1CCN(c2sc(-c3ccc(F)cc3C)c(NCC(=O)C(C)(C)c3cc(C(F)(F)F)cc(C(F)(F)F)c3)c2C#N)CC1. The summed E-state index contributed by atoms with van der Waals surface area (Å²) in [5, 5.41) is 16.4. The van der Waals surface area contributed by atoms with E-state index in [1.807, 2.05) is 4.90 Å². The van der Waals surface area contributed by atoms with Gasteiger partial charge in [-0.05, 0) is 74.7 Å². The maximum Gasteiger partial charge on any atom is 0.416 e. The topological polar surface area (TPSA) is 94.5 Å². The minimum absolute atomic E-state index is 0.000570. The molecule has 258 valence electrons. The number of rotatable bonds is 9. The van der Waals surface area contributed by atoms with E-state index in [1.54, 1.807) is 13.8 Å². The molecule has 0 saturated carbocycles. The van der Waals surface area contributed by atoms with Gasteiger partial charge in [-0.3, -0.25) is 4.79 Å². The fraction of sp³-hybridized carbons (Fsp3) is 0.424. The van der Waals surface area contributed by atoms with Crippen LogP contribution in [0.1, 0.15) is 61.4 Å². The van der Waals surface area contributed by atoms with E-state index >= 15 is 0 Å². The molecule has 3 aromatic rings. The van der Waals surface area contributed by atoms with Gasteiger partial charge in [-0.25, -0.2) is 9.18 Å². The lowest BCUT2D eigenvalue weighted by Gasteiger charge is -2.32. The van der Waals surface area contributed by atoms with Gasteiger partial charge in [0.05, 0.1) is 33.7 Å². The van der Waals surface area contributed by atoms with E-state index in [0.29, 0.717) is 65.6 Å². The van der Waals surface area contributed by atoms with Crippen molar-refractivity contribution in [2.75, 3.05) is 36.4 Å². The first-order chi connectivity index (χ1) is 22.4. The van der Waals surface area contributed by atoms with Gasteiger partial charge >= 0.3 is 18.4 Å². The van der Waals surface area contributed by atoms with Crippen molar-refractivity contribution in [3.8, 4) is 16.5 Å². The molecule has 0 aliphatic carbocycles. The molecule has 2 aromatic carbocycles. The Balaban J connectivity index is 1.68. The molecule has 0 atom stereocenters. The van der Waals surface area contributed by atoms with Gasteiger partial charge in [0, 0.05) is 32.5 Å². The molecule has 1 amide bonds. The van der Waals surface area contributed by atoms with Crippen LogP contribution in [0.2, 0.25) is 0 Å². The molecule has 48 heavy (non-hydrogen) atoms. The van der Waals surface area contributed by atoms with Crippen molar-refractivity contribution in [2.24, 2.45) is 0 Å². The zero-order valence-corrected chi connectivity index (χ0v) is 27.3. The largest absolute Gasteiger partial charge is 0.446 e. The summed E-state index contributed by atoms with van der Waals surface area (Å²) in [6.45, 7) is 6.59. The number of halogens is 7. The van der Waals surface area contributed by atoms with Gasteiger partial charge in [0.15, 0.2) is 5.78 Å². The number of piperidine rings is 1. The van der Waals surface area contributed by atoms with Gasteiger partial charge in [-0.15, -0.1) is 11.3 Å². The number of ketones is 1. The number of amides is 1. The number of nitriles is 1. The minimum atomic E-state index is -5.09. The molecule has 0 radical (unpaired) electrons. The highest BCUT2D eigenvalue weighted by atomic mass is 32.1. The van der Waals surface area contributed by atoms with Crippen molar-refractivity contribution in [3.63, 3.8) is 0 Å². The Morgan fingerprint density at radius 3 is 2.10 bits per heavy atom. The fourth-order valence-electron chi connectivity index (χ4n) is 5.37. The van der Waals surface area contributed by atoms with Crippen LogP contribution in [0.25, 0.3) is 10.4 Å². The molecule has 0 unspecified atom stereocenters. The van der Waals surface area contributed by atoms with E-state index < -0.39 is 58.7 Å². The maximum absolute atomic E-state index is 14.0. The third kappa shape index (κ3) is 8.03. The lowest BCUT2D eigenvalue weighted by Crippen LogP contribution is -2.39. The Kier molecular flexibility index (Phi) is 10.7. The van der Waals surface area contributed by atoms with Crippen molar-refractivity contribution < 1.29 is 45.1 Å². The number of Topliss-reactive ketones (excluding diaryl/α,β-unsaturated/α-hetero) is 1. The molecule has 0 spiro atoms. The zero-order chi connectivity index (χ0) is 35.6. The van der Waals surface area contributed by atoms with Crippen LogP contribution in [0.5, 0.6) is 0 Å². The molecule has 1 aliphatic heterocycles. The molecule has 1 saturated heterocycles. The summed E-state index contributed by atoms with van der Waals surface area (Å²) in [6, 6.07) is 7.28. The summed E-state index contributed by atoms with van der Waals surface area (Å²) in [5.74, 6) is -1.23. The number of alkyl carbamates (subject to hydrolysis) is 1. The van der Waals surface area contributed by atoms with Crippen molar-refractivity contribution in [3.05, 3.63) is 70.0 Å². The van der Waals surface area contributed by atoms with Crippen LogP contribution >= 0.6 is 11.3 Å². The summed E-state index contributed by atoms with van der Waals surface area (Å²) in [4.78, 5) is 27.9. The first-order valence-corrected chi connectivity index (χ1v) is 15.8. The average molecular weight is 699 g/mol. The fourth-order valence-corrected chi connectivity index (χ4v) is 6.74. The standard InChI is InChI=1S/C33H33F7N4O3S/c1-5-42-30(46)47-23-8-10-44(11-9-23)29-25(16-41)27(28(48-29)24-7-6-22(34)12-18(24)2)43-17-26(45)31(3,4)19-13-20(32(35,36)37)15-21(14-19)33(38,39)40/h6-7,12-15,23,43H,5,8-11,17H2,1-4H3,(H,42,46). The molecule has 2 heterocycles. The number of thiophene rings is 1. The van der Waals surface area contributed by atoms with E-state index in [9.17, 15) is 45.6 Å². The quantitative estimate of drug-likeness (QED) is 0.218. The van der Waals surface area contributed by atoms with Crippen molar-refractivity contribution in [1.29, 1.82) is 5.26 Å². The summed E-state index contributed by atoms with van der Waals surface area (Å²) in [6.07, 6.45) is -10.1. The molecular formula is C33H33F7N4O3S. The molecular weight excluding hydrogens is 665 g/mol. The molecule has 1 aromatic heterocycles. The average Bonchev–Trinajstić information content (AvgIpc) is 3.37. The van der Waals surface area contributed by atoms with Gasteiger partial charge in [0.1, 0.15) is 28.6 Å². The molecule has 4 rings (SSSR count). The lowest BCUT2D eigenvalue weighted by atomic mass is 9.79. The smallest absolute Gasteiger partial charge is 0.416 e. The number of ether oxygens (including phenoxy) is 1. The van der Waals surface area contributed by atoms with Crippen molar-refractivity contribution >= 4 is 33.9 Å². The molecule has 1 aliphatic rings. The van der Waals surface area contributed by atoms with E-state index in [-0.39, 0.29) is 23.4 Å². The van der Waals surface area contributed by atoms with Gasteiger partial charge in [0.25, 0.3) is 0 Å². The lowest BCUT2D eigenvalue weighted by molar-refractivity contribution is -0.143. The first kappa shape index (κ1) is 36.5. The number of aryl methyl sites for hydroxylation is 1. The summed E-state index contributed by atoms with van der Waals surface area (Å²) in [7, 11) is 0. The van der Waals surface area contributed by atoms with Gasteiger partial charge in [-0.2, -0.15) is 31.6 Å². The van der Waals surface area contributed by atoms with Crippen LogP contribution in [0, 0.1) is 24.1 Å². The Morgan fingerprint density at radius 1 is 1.00 bits per heavy atom. The van der Waals surface area contributed by atoms with Crippen LogP contribution in [-0.4, -0.2) is 44.2 Å². The number of nitrogens with zero attached hydrogens (tertiary/aromatic N) is 2. The monoisotopic (exact) mass is 698 g/mol. The van der Waals surface area contributed by atoms with Gasteiger partial charge in [-0.1, -0.05) is 6.07 Å². The minimum Gasteiger partial charge on any atom is -0.446 e. The highest BCUT2D eigenvalue weighted by Gasteiger charge is 2.40. The molecule has 1 fully saturated rings. The highest BCUT2D eigenvalue weighted by molar-refractivity contribution is 7.20. The Hall–Kier alpha value is -4.32. The van der Waals surface area contributed by atoms with Crippen LogP contribution in [0.15, 0.2) is 36.4 Å². The predicted molar refractivity (Wildman–Crippen MR) is 168 cm³/mol. The predicted octanol–water partition coefficient (Wildman–Crippen LogP) is 8.45. The van der Waals surface area contributed by atoms with Crippen molar-refractivity contribution in [2.45, 2.75) is 64.4 Å². The summed E-state index contributed by atoms with van der Waals surface area (Å²) < 4.78 is 101. The number of anilines is 2. The number of hydrogen-bond acceptors (Lipinski definition) is 7. The zero-order valence-electron chi connectivity index (χ0n) is 26.5. The number of nitrogens with one attached hydrogen (secondary N) is 2. The van der Waals surface area contributed by atoms with E-state index in [2.05, 4.69) is 16.7 Å². The normalized spacial score (nSPS) is 14.4.